The van der Waals surface area contributed by atoms with Crippen LogP contribution >= 0.6 is 0 Å². The smallest absolute Gasteiger partial charge is 0.304 e. The molecule has 1 heterocycles. The van der Waals surface area contributed by atoms with Crippen LogP contribution in [0.5, 0.6) is 0 Å². The van der Waals surface area contributed by atoms with Gasteiger partial charge in [-0.1, -0.05) is 0 Å². The quantitative estimate of drug-likeness (QED) is 0.689. The highest BCUT2D eigenvalue weighted by Crippen LogP contribution is 2.26. The highest BCUT2D eigenvalue weighted by atomic mass is 16.7. The first-order valence-corrected chi connectivity index (χ1v) is 5.97. The number of ether oxygens (including phenoxy) is 3. The molecule has 0 bridgehead atoms. The Morgan fingerprint density at radius 1 is 1.17 bits per heavy atom. The van der Waals surface area contributed by atoms with Crippen molar-refractivity contribution in [2.75, 3.05) is 14.1 Å². The SMILES string of the molecule is CC(=O)OC1C[C@@H](N(C)C)[C@H](OC(C)=O)[C@@H](C)O1. The molecule has 6 heteroatoms. The first-order chi connectivity index (χ1) is 8.31. The number of rotatable bonds is 3. The number of carbonyl (C=O) groups excluding carboxylic acids is 2. The van der Waals surface area contributed by atoms with Gasteiger partial charge in [0.2, 0.25) is 6.29 Å². The van der Waals surface area contributed by atoms with E-state index < -0.39 is 6.29 Å². The molecule has 1 saturated heterocycles. The van der Waals surface area contributed by atoms with Crippen LogP contribution in [0.3, 0.4) is 0 Å². The molecule has 4 atom stereocenters. The third-order valence-electron chi connectivity index (χ3n) is 2.91. The number of carbonyl (C=O) groups is 2. The first kappa shape index (κ1) is 14.9. The monoisotopic (exact) mass is 259 g/mol. The van der Waals surface area contributed by atoms with Gasteiger partial charge >= 0.3 is 11.9 Å². The lowest BCUT2D eigenvalue weighted by Crippen LogP contribution is -2.55. The van der Waals surface area contributed by atoms with E-state index in [0.29, 0.717) is 6.42 Å². The van der Waals surface area contributed by atoms with Crippen molar-refractivity contribution >= 4 is 11.9 Å². The van der Waals surface area contributed by atoms with Gasteiger partial charge in [0, 0.05) is 20.3 Å². The molecule has 0 aromatic rings. The number of nitrogens with zero attached hydrogens (tertiary/aromatic N) is 1. The van der Waals surface area contributed by atoms with Gasteiger partial charge in [-0.2, -0.15) is 0 Å². The summed E-state index contributed by atoms with van der Waals surface area (Å²) in [5.74, 6) is -0.719. The van der Waals surface area contributed by atoms with Crippen LogP contribution in [-0.2, 0) is 23.8 Å². The van der Waals surface area contributed by atoms with E-state index in [1.165, 1.54) is 13.8 Å². The van der Waals surface area contributed by atoms with Gasteiger partial charge in [-0.3, -0.25) is 9.59 Å². The molecule has 1 aliphatic heterocycles. The lowest BCUT2D eigenvalue weighted by atomic mass is 9.98. The molecule has 1 fully saturated rings. The fraction of sp³-hybridized carbons (Fsp3) is 0.833. The molecule has 1 rings (SSSR count). The van der Waals surface area contributed by atoms with Crippen molar-refractivity contribution in [2.24, 2.45) is 0 Å². The van der Waals surface area contributed by atoms with E-state index in [-0.39, 0.29) is 30.2 Å². The van der Waals surface area contributed by atoms with Crippen LogP contribution in [0.25, 0.3) is 0 Å². The number of likely N-dealkylation sites (N-methyl/N-ethyl adjacent to an activating group) is 1. The molecular formula is C12H21NO5. The molecule has 0 aromatic heterocycles. The van der Waals surface area contributed by atoms with Crippen LogP contribution in [-0.4, -0.2) is 55.5 Å². The molecule has 0 radical (unpaired) electrons. The first-order valence-electron chi connectivity index (χ1n) is 5.97. The standard InChI is InChI=1S/C12H21NO5/c1-7-12(18-9(3)15)10(13(4)5)6-11(16-7)17-8(2)14/h7,10-12H,6H2,1-5H3/t7-,10-,11?,12-/m1/s1. The third kappa shape index (κ3) is 3.96. The average Bonchev–Trinajstić information content (AvgIpc) is 2.19. The lowest BCUT2D eigenvalue weighted by molar-refractivity contribution is -0.236. The Balaban J connectivity index is 2.75. The Morgan fingerprint density at radius 3 is 2.17 bits per heavy atom. The number of esters is 2. The maximum absolute atomic E-state index is 11.1. The minimum atomic E-state index is -0.586. The summed E-state index contributed by atoms with van der Waals surface area (Å²) in [5, 5.41) is 0. The second-order valence-corrected chi connectivity index (χ2v) is 4.72. The Morgan fingerprint density at radius 2 is 1.72 bits per heavy atom. The summed E-state index contributed by atoms with van der Waals surface area (Å²) >= 11 is 0. The number of hydrogen-bond donors (Lipinski definition) is 0. The summed E-state index contributed by atoms with van der Waals surface area (Å²) in [5.41, 5.74) is 0. The summed E-state index contributed by atoms with van der Waals surface area (Å²) < 4.78 is 15.9. The van der Waals surface area contributed by atoms with Gasteiger partial charge in [-0.15, -0.1) is 0 Å². The minimum absolute atomic E-state index is 0.0398. The van der Waals surface area contributed by atoms with Gasteiger partial charge in [0.25, 0.3) is 0 Å². The van der Waals surface area contributed by atoms with Crippen molar-refractivity contribution in [3.63, 3.8) is 0 Å². The second-order valence-electron chi connectivity index (χ2n) is 4.72. The van der Waals surface area contributed by atoms with Gasteiger partial charge in [0.1, 0.15) is 6.10 Å². The zero-order valence-corrected chi connectivity index (χ0v) is 11.5. The maximum atomic E-state index is 11.1. The Hall–Kier alpha value is -1.14. The normalized spacial score (nSPS) is 32.1. The van der Waals surface area contributed by atoms with Crippen LogP contribution < -0.4 is 0 Å². The zero-order chi connectivity index (χ0) is 13.9. The van der Waals surface area contributed by atoms with Crippen molar-refractivity contribution in [3.05, 3.63) is 0 Å². The van der Waals surface area contributed by atoms with Crippen LogP contribution in [0.2, 0.25) is 0 Å². The van der Waals surface area contributed by atoms with Crippen molar-refractivity contribution in [1.29, 1.82) is 0 Å². The molecule has 0 amide bonds. The molecule has 1 unspecified atom stereocenters. The van der Waals surface area contributed by atoms with E-state index in [9.17, 15) is 9.59 Å². The van der Waals surface area contributed by atoms with Crippen molar-refractivity contribution in [1.82, 2.24) is 4.90 Å². The molecule has 1 aliphatic rings. The Bertz CT molecular complexity index is 318. The summed E-state index contributed by atoms with van der Waals surface area (Å²) in [6, 6.07) is -0.0398. The second kappa shape index (κ2) is 6.15. The van der Waals surface area contributed by atoms with E-state index in [0.717, 1.165) is 0 Å². The largest absolute Gasteiger partial charge is 0.458 e. The molecule has 0 spiro atoms. The molecule has 18 heavy (non-hydrogen) atoms. The van der Waals surface area contributed by atoms with Crippen molar-refractivity contribution in [3.8, 4) is 0 Å². The highest BCUT2D eigenvalue weighted by Gasteiger charge is 2.40. The summed E-state index contributed by atoms with van der Waals surface area (Å²) in [6.45, 7) is 4.52. The van der Waals surface area contributed by atoms with E-state index in [2.05, 4.69) is 0 Å². The summed E-state index contributed by atoms with van der Waals surface area (Å²) in [7, 11) is 3.79. The number of hydrogen-bond acceptors (Lipinski definition) is 6. The average molecular weight is 259 g/mol. The van der Waals surface area contributed by atoms with E-state index in [4.69, 9.17) is 14.2 Å². The van der Waals surface area contributed by atoms with Crippen LogP contribution in [0.1, 0.15) is 27.2 Å². The maximum Gasteiger partial charge on any atom is 0.304 e. The third-order valence-corrected chi connectivity index (χ3v) is 2.91. The lowest BCUT2D eigenvalue weighted by Gasteiger charge is -2.41. The van der Waals surface area contributed by atoms with Gasteiger partial charge < -0.3 is 19.1 Å². The van der Waals surface area contributed by atoms with Gasteiger partial charge in [-0.05, 0) is 21.0 Å². The fourth-order valence-electron chi connectivity index (χ4n) is 2.15. The van der Waals surface area contributed by atoms with E-state index in [1.54, 1.807) is 6.92 Å². The van der Waals surface area contributed by atoms with E-state index in [1.807, 2.05) is 19.0 Å². The minimum Gasteiger partial charge on any atom is -0.458 e. The predicted molar refractivity (Wildman–Crippen MR) is 63.7 cm³/mol. The van der Waals surface area contributed by atoms with E-state index >= 15 is 0 Å². The summed E-state index contributed by atoms with van der Waals surface area (Å²) in [4.78, 5) is 24.0. The van der Waals surface area contributed by atoms with Crippen LogP contribution in [0, 0.1) is 0 Å². The van der Waals surface area contributed by atoms with Gasteiger partial charge in [-0.25, -0.2) is 0 Å². The Kier molecular flexibility index (Phi) is 5.10. The van der Waals surface area contributed by atoms with Gasteiger partial charge in [0.15, 0.2) is 0 Å². The molecule has 0 aliphatic carbocycles. The Labute approximate surface area is 107 Å². The van der Waals surface area contributed by atoms with Crippen LogP contribution in [0.15, 0.2) is 0 Å². The summed E-state index contributed by atoms with van der Waals surface area (Å²) in [6.07, 6.45) is -0.782. The van der Waals surface area contributed by atoms with Crippen molar-refractivity contribution in [2.45, 2.75) is 51.7 Å². The zero-order valence-electron chi connectivity index (χ0n) is 11.5. The van der Waals surface area contributed by atoms with Gasteiger partial charge in [0.05, 0.1) is 12.1 Å². The predicted octanol–water partition coefficient (Wildman–Crippen LogP) is 0.546. The highest BCUT2D eigenvalue weighted by molar-refractivity contribution is 5.66. The topological polar surface area (TPSA) is 65.1 Å². The fourth-order valence-corrected chi connectivity index (χ4v) is 2.15. The molecule has 0 N–H and O–H groups in total. The van der Waals surface area contributed by atoms with Crippen molar-refractivity contribution < 1.29 is 23.8 Å². The molecule has 0 saturated carbocycles. The molecule has 0 aromatic carbocycles. The van der Waals surface area contributed by atoms with Crippen LogP contribution in [0.4, 0.5) is 0 Å². The molecular weight excluding hydrogens is 238 g/mol. The molecule has 6 nitrogen and oxygen atoms in total. The molecule has 104 valence electrons.